The van der Waals surface area contributed by atoms with E-state index in [0.717, 1.165) is 40.0 Å². The molecule has 0 aliphatic heterocycles. The first-order valence-corrected chi connectivity index (χ1v) is 9.14. The Bertz CT molecular complexity index is 898. The molecule has 0 aliphatic rings. The molecule has 0 atom stereocenters. The summed E-state index contributed by atoms with van der Waals surface area (Å²) in [5, 5.41) is 9.15. The van der Waals surface area contributed by atoms with Crippen molar-refractivity contribution in [2.45, 2.75) is 32.5 Å². The van der Waals surface area contributed by atoms with Crippen LogP contribution in [0.3, 0.4) is 0 Å². The largest absolute Gasteiger partial charge is 0.349 e. The second-order valence-corrected chi connectivity index (χ2v) is 6.79. The lowest BCUT2D eigenvalue weighted by Gasteiger charge is -2.06. The van der Waals surface area contributed by atoms with Gasteiger partial charge in [-0.3, -0.25) is 9.78 Å². The molecule has 3 aromatic heterocycles. The molecule has 0 saturated heterocycles. The molecule has 0 fully saturated rings. The predicted octanol–water partition coefficient (Wildman–Crippen LogP) is 3.29. The molecule has 0 aromatic carbocycles. The quantitative estimate of drug-likeness (QED) is 0.501. The Morgan fingerprint density at radius 3 is 2.72 bits per heavy atom. The minimum absolute atomic E-state index is 0.115. The number of carbonyl (C=O) groups excluding carboxylic acids is 1. The fraction of sp³-hybridized carbons (Fsp3) is 0.333. The van der Waals surface area contributed by atoms with Gasteiger partial charge in [-0.25, -0.2) is 0 Å². The van der Waals surface area contributed by atoms with Gasteiger partial charge >= 0.3 is 0 Å². The zero-order valence-electron chi connectivity index (χ0n) is 14.9. The van der Waals surface area contributed by atoms with E-state index in [9.17, 15) is 4.79 Å². The second kappa shape index (κ2) is 7.23. The Kier molecular flexibility index (Phi) is 5.03. The summed E-state index contributed by atoms with van der Waals surface area (Å²) in [7, 11) is 1.90. The number of thioether (sulfide) groups is 1. The third-order valence-corrected chi connectivity index (χ3v) is 5.30. The summed E-state index contributed by atoms with van der Waals surface area (Å²) in [5.41, 5.74) is 3.84. The van der Waals surface area contributed by atoms with Crippen LogP contribution in [-0.4, -0.2) is 35.9 Å². The van der Waals surface area contributed by atoms with Crippen LogP contribution in [0.2, 0.25) is 0 Å². The van der Waals surface area contributed by atoms with E-state index in [-0.39, 0.29) is 5.78 Å². The standard InChI is InChI=1S/C18H21N5OS/c1-5-23-12(2)9-15(13(23)3)16(24)11-25-18-21-20-17(22(18)4)14-7-6-8-19-10-14/h6-10H,5,11H2,1-4H3. The summed E-state index contributed by atoms with van der Waals surface area (Å²) in [6, 6.07) is 5.78. The molecule has 3 heterocycles. The Labute approximate surface area is 151 Å². The molecule has 0 aliphatic carbocycles. The first-order chi connectivity index (χ1) is 12.0. The summed E-state index contributed by atoms with van der Waals surface area (Å²) < 4.78 is 4.05. The van der Waals surface area contributed by atoms with Gasteiger partial charge in [0, 0.05) is 48.5 Å². The van der Waals surface area contributed by atoms with Crippen molar-refractivity contribution in [1.82, 2.24) is 24.3 Å². The van der Waals surface area contributed by atoms with Crippen LogP contribution in [0.25, 0.3) is 11.4 Å². The number of aryl methyl sites for hydroxylation is 1. The van der Waals surface area contributed by atoms with Crippen LogP contribution < -0.4 is 0 Å². The van der Waals surface area contributed by atoms with Crippen molar-refractivity contribution < 1.29 is 4.79 Å². The minimum Gasteiger partial charge on any atom is -0.349 e. The first kappa shape index (κ1) is 17.4. The van der Waals surface area contributed by atoms with Crippen molar-refractivity contribution in [3.8, 4) is 11.4 Å². The van der Waals surface area contributed by atoms with E-state index in [4.69, 9.17) is 0 Å². The number of hydrogen-bond donors (Lipinski definition) is 0. The van der Waals surface area contributed by atoms with Gasteiger partial charge < -0.3 is 9.13 Å². The van der Waals surface area contributed by atoms with Crippen molar-refractivity contribution in [3.05, 3.63) is 47.5 Å². The van der Waals surface area contributed by atoms with Gasteiger partial charge in [-0.15, -0.1) is 10.2 Å². The van der Waals surface area contributed by atoms with Crippen LogP contribution in [0.4, 0.5) is 0 Å². The Hall–Kier alpha value is -2.41. The Morgan fingerprint density at radius 1 is 1.28 bits per heavy atom. The second-order valence-electron chi connectivity index (χ2n) is 5.85. The number of aromatic nitrogens is 5. The number of pyridine rings is 1. The maximum absolute atomic E-state index is 12.6. The summed E-state index contributed by atoms with van der Waals surface area (Å²) in [5.74, 6) is 1.20. The smallest absolute Gasteiger partial charge is 0.191 e. The summed E-state index contributed by atoms with van der Waals surface area (Å²) in [4.78, 5) is 16.7. The number of nitrogens with zero attached hydrogens (tertiary/aromatic N) is 5. The Balaban J connectivity index is 1.74. The Morgan fingerprint density at radius 2 is 2.08 bits per heavy atom. The molecule has 7 heteroatoms. The van der Waals surface area contributed by atoms with Gasteiger partial charge in [-0.1, -0.05) is 11.8 Å². The fourth-order valence-corrected chi connectivity index (χ4v) is 3.76. The van der Waals surface area contributed by atoms with E-state index in [1.165, 1.54) is 11.8 Å². The molecule has 6 nitrogen and oxygen atoms in total. The highest BCUT2D eigenvalue weighted by atomic mass is 32.2. The summed E-state index contributed by atoms with van der Waals surface area (Å²) in [6.07, 6.45) is 3.48. The number of carbonyl (C=O) groups is 1. The highest BCUT2D eigenvalue weighted by Crippen LogP contribution is 2.24. The molecule has 0 N–H and O–H groups in total. The van der Waals surface area contributed by atoms with Crippen LogP contribution in [0, 0.1) is 13.8 Å². The van der Waals surface area contributed by atoms with Crippen LogP contribution in [0.15, 0.2) is 35.7 Å². The van der Waals surface area contributed by atoms with Gasteiger partial charge in [0.2, 0.25) is 0 Å². The molecule has 130 valence electrons. The van der Waals surface area contributed by atoms with Gasteiger partial charge in [0.1, 0.15) is 0 Å². The number of hydrogen-bond acceptors (Lipinski definition) is 5. The van der Waals surface area contributed by atoms with E-state index in [1.807, 2.05) is 43.7 Å². The fourth-order valence-electron chi connectivity index (χ4n) is 2.96. The number of Topliss-reactive ketones (excluding diaryl/α,β-unsaturated/α-hetero) is 1. The molecular formula is C18H21N5OS. The van der Waals surface area contributed by atoms with Gasteiger partial charge in [0.15, 0.2) is 16.8 Å². The molecule has 3 rings (SSSR count). The van der Waals surface area contributed by atoms with E-state index in [2.05, 4.69) is 26.7 Å². The normalized spacial score (nSPS) is 11.0. The van der Waals surface area contributed by atoms with Crippen molar-refractivity contribution in [2.24, 2.45) is 7.05 Å². The summed E-state index contributed by atoms with van der Waals surface area (Å²) in [6.45, 7) is 6.98. The average Bonchev–Trinajstić information content (AvgIpc) is 3.13. The zero-order valence-corrected chi connectivity index (χ0v) is 15.7. The van der Waals surface area contributed by atoms with Crippen LogP contribution in [-0.2, 0) is 13.6 Å². The van der Waals surface area contributed by atoms with E-state index >= 15 is 0 Å². The molecule has 0 amide bonds. The lowest BCUT2D eigenvalue weighted by molar-refractivity contribution is 0.102. The monoisotopic (exact) mass is 355 g/mol. The average molecular weight is 355 g/mol. The van der Waals surface area contributed by atoms with Crippen LogP contribution >= 0.6 is 11.8 Å². The zero-order chi connectivity index (χ0) is 18.0. The molecule has 0 spiro atoms. The predicted molar refractivity (Wildman–Crippen MR) is 98.9 cm³/mol. The third kappa shape index (κ3) is 3.37. The highest BCUT2D eigenvalue weighted by molar-refractivity contribution is 7.99. The summed E-state index contributed by atoms with van der Waals surface area (Å²) >= 11 is 1.41. The van der Waals surface area contributed by atoms with Gasteiger partial charge in [0.25, 0.3) is 0 Å². The molecule has 0 bridgehead atoms. The number of rotatable bonds is 6. The van der Waals surface area contributed by atoms with Crippen LogP contribution in [0.1, 0.15) is 28.7 Å². The van der Waals surface area contributed by atoms with Gasteiger partial charge in [-0.2, -0.15) is 0 Å². The van der Waals surface area contributed by atoms with E-state index < -0.39 is 0 Å². The third-order valence-electron chi connectivity index (χ3n) is 4.28. The highest BCUT2D eigenvalue weighted by Gasteiger charge is 2.17. The van der Waals surface area contributed by atoms with Crippen LogP contribution in [0.5, 0.6) is 0 Å². The molecular weight excluding hydrogens is 334 g/mol. The lowest BCUT2D eigenvalue weighted by atomic mass is 10.2. The van der Waals surface area contributed by atoms with Gasteiger partial charge in [0.05, 0.1) is 5.75 Å². The molecule has 25 heavy (non-hydrogen) atoms. The van der Waals surface area contributed by atoms with Crippen molar-refractivity contribution >= 4 is 17.5 Å². The van der Waals surface area contributed by atoms with E-state index in [1.54, 1.807) is 12.4 Å². The minimum atomic E-state index is 0.115. The van der Waals surface area contributed by atoms with Crippen molar-refractivity contribution in [3.63, 3.8) is 0 Å². The molecule has 3 aromatic rings. The maximum Gasteiger partial charge on any atom is 0.191 e. The van der Waals surface area contributed by atoms with E-state index in [0.29, 0.717) is 5.75 Å². The molecule has 0 unspecified atom stereocenters. The van der Waals surface area contributed by atoms with Crippen molar-refractivity contribution in [1.29, 1.82) is 0 Å². The van der Waals surface area contributed by atoms with Gasteiger partial charge in [-0.05, 0) is 39.0 Å². The molecule has 0 saturated carbocycles. The number of ketones is 1. The topological polar surface area (TPSA) is 65.6 Å². The lowest BCUT2D eigenvalue weighted by Crippen LogP contribution is -2.06. The van der Waals surface area contributed by atoms with Crippen molar-refractivity contribution in [2.75, 3.05) is 5.75 Å². The maximum atomic E-state index is 12.6. The molecule has 0 radical (unpaired) electrons. The first-order valence-electron chi connectivity index (χ1n) is 8.15. The SMILES string of the molecule is CCn1c(C)cc(C(=O)CSc2nnc(-c3cccnc3)n2C)c1C.